The average molecular weight is 347 g/mol. The molecule has 0 heterocycles. The third-order valence-corrected chi connectivity index (χ3v) is 4.13. The first-order valence-electron chi connectivity index (χ1n) is 6.83. The van der Waals surface area contributed by atoms with Crippen molar-refractivity contribution in [3.63, 3.8) is 0 Å². The Hall–Kier alpha value is -1.81. The van der Waals surface area contributed by atoms with Crippen molar-refractivity contribution in [2.24, 2.45) is 0 Å². The second kappa shape index (κ2) is 6.76. The molecule has 0 aliphatic carbocycles. The number of nitrogens with one attached hydrogen (secondary N) is 2. The molecule has 0 bridgehead atoms. The zero-order valence-electron chi connectivity index (χ0n) is 12.5. The number of rotatable bonds is 4. The Morgan fingerprint density at radius 2 is 1.81 bits per heavy atom. The van der Waals surface area contributed by atoms with E-state index in [1.54, 1.807) is 0 Å². The van der Waals surface area contributed by atoms with E-state index in [2.05, 4.69) is 39.6 Å². The van der Waals surface area contributed by atoms with Gasteiger partial charge < -0.3 is 10.6 Å². The van der Waals surface area contributed by atoms with Gasteiger partial charge in [0.15, 0.2) is 0 Å². The molecular weight excluding hydrogens is 328 g/mol. The molecule has 3 nitrogen and oxygen atoms in total. The van der Waals surface area contributed by atoms with Gasteiger partial charge in [-0.15, -0.1) is 0 Å². The van der Waals surface area contributed by atoms with E-state index in [1.165, 1.54) is 5.56 Å². The van der Waals surface area contributed by atoms with E-state index in [0.717, 1.165) is 27.0 Å². The molecule has 0 spiro atoms. The zero-order chi connectivity index (χ0) is 15.4. The number of carbonyl (C=O) groups excluding carboxylic acids is 1. The summed E-state index contributed by atoms with van der Waals surface area (Å²) in [5.41, 5.74) is 5.27. The normalized spacial score (nSPS) is 10.3. The fourth-order valence-corrected chi connectivity index (χ4v) is 2.44. The lowest BCUT2D eigenvalue weighted by Gasteiger charge is -2.11. The van der Waals surface area contributed by atoms with Crippen LogP contribution in [-0.4, -0.2) is 12.5 Å². The summed E-state index contributed by atoms with van der Waals surface area (Å²) < 4.78 is 0.989. The average Bonchev–Trinajstić information content (AvgIpc) is 2.42. The predicted octanol–water partition coefficient (Wildman–Crippen LogP) is 4.42. The van der Waals surface area contributed by atoms with Gasteiger partial charge in [0.1, 0.15) is 0 Å². The van der Waals surface area contributed by atoms with Gasteiger partial charge in [-0.1, -0.05) is 39.7 Å². The minimum Gasteiger partial charge on any atom is -0.376 e. The lowest BCUT2D eigenvalue weighted by Crippen LogP contribution is -2.22. The van der Waals surface area contributed by atoms with Crippen molar-refractivity contribution in [2.45, 2.75) is 20.8 Å². The molecule has 2 aromatic carbocycles. The van der Waals surface area contributed by atoms with Gasteiger partial charge in [-0.3, -0.25) is 4.79 Å². The van der Waals surface area contributed by atoms with Gasteiger partial charge in [-0.25, -0.2) is 0 Å². The van der Waals surface area contributed by atoms with Crippen LogP contribution < -0.4 is 10.6 Å². The van der Waals surface area contributed by atoms with Crippen LogP contribution >= 0.6 is 15.9 Å². The molecule has 0 radical (unpaired) electrons. The molecule has 0 saturated carbocycles. The molecular formula is C17H19BrN2O. The van der Waals surface area contributed by atoms with Crippen molar-refractivity contribution < 1.29 is 4.79 Å². The Bertz CT molecular complexity index is 668. The predicted molar refractivity (Wildman–Crippen MR) is 91.9 cm³/mol. The van der Waals surface area contributed by atoms with E-state index < -0.39 is 0 Å². The van der Waals surface area contributed by atoms with Crippen molar-refractivity contribution in [1.29, 1.82) is 0 Å². The third kappa shape index (κ3) is 4.33. The van der Waals surface area contributed by atoms with Crippen molar-refractivity contribution >= 4 is 33.2 Å². The number of halogens is 1. The molecule has 21 heavy (non-hydrogen) atoms. The van der Waals surface area contributed by atoms with Crippen molar-refractivity contribution in [3.05, 3.63) is 57.6 Å². The molecule has 0 atom stereocenters. The third-order valence-electron chi connectivity index (χ3n) is 3.28. The quantitative estimate of drug-likeness (QED) is 0.859. The molecule has 0 aliphatic heterocycles. The Kier molecular flexibility index (Phi) is 5.02. The Labute approximate surface area is 133 Å². The standard InChI is InChI=1S/C17H19BrN2O/c1-11-4-7-16(13(3)8-11)19-10-17(21)20-14-6-5-12(2)15(18)9-14/h4-9,19H,10H2,1-3H3,(H,20,21). The van der Waals surface area contributed by atoms with Gasteiger partial charge in [0, 0.05) is 15.8 Å². The SMILES string of the molecule is Cc1ccc(NCC(=O)Nc2ccc(C)c(Br)c2)c(C)c1. The highest BCUT2D eigenvalue weighted by atomic mass is 79.9. The number of anilines is 2. The summed E-state index contributed by atoms with van der Waals surface area (Å²) >= 11 is 3.46. The summed E-state index contributed by atoms with van der Waals surface area (Å²) in [6.45, 7) is 6.34. The van der Waals surface area contributed by atoms with Crippen LogP contribution in [0.5, 0.6) is 0 Å². The first-order chi connectivity index (χ1) is 9.95. The molecule has 1 amide bonds. The van der Waals surface area contributed by atoms with Gasteiger partial charge in [0.25, 0.3) is 0 Å². The minimum absolute atomic E-state index is 0.0641. The van der Waals surface area contributed by atoms with Crippen molar-refractivity contribution in [1.82, 2.24) is 0 Å². The molecule has 110 valence electrons. The van der Waals surface area contributed by atoms with E-state index in [1.807, 2.05) is 44.2 Å². The Balaban J connectivity index is 1.94. The molecule has 4 heteroatoms. The second-order valence-corrected chi connectivity index (χ2v) is 6.04. The van der Waals surface area contributed by atoms with E-state index >= 15 is 0 Å². The molecule has 0 saturated heterocycles. The number of aryl methyl sites for hydroxylation is 3. The Morgan fingerprint density at radius 1 is 1.05 bits per heavy atom. The monoisotopic (exact) mass is 346 g/mol. The lowest BCUT2D eigenvalue weighted by atomic mass is 10.1. The maximum Gasteiger partial charge on any atom is 0.243 e. The molecule has 0 aromatic heterocycles. The molecule has 2 rings (SSSR count). The number of hydrogen-bond acceptors (Lipinski definition) is 2. The smallest absolute Gasteiger partial charge is 0.243 e. The summed E-state index contributed by atoms with van der Waals surface area (Å²) in [5, 5.41) is 6.04. The lowest BCUT2D eigenvalue weighted by molar-refractivity contribution is -0.114. The minimum atomic E-state index is -0.0641. The molecule has 2 aromatic rings. The number of benzene rings is 2. The van der Waals surface area contributed by atoms with Gasteiger partial charge in [-0.05, 0) is 50.1 Å². The first-order valence-corrected chi connectivity index (χ1v) is 7.62. The van der Waals surface area contributed by atoms with Gasteiger partial charge in [0.2, 0.25) is 5.91 Å². The molecule has 0 unspecified atom stereocenters. The van der Waals surface area contributed by atoms with Gasteiger partial charge in [0.05, 0.1) is 6.54 Å². The van der Waals surface area contributed by atoms with Crippen LogP contribution in [0.15, 0.2) is 40.9 Å². The highest BCUT2D eigenvalue weighted by Gasteiger charge is 2.05. The fraction of sp³-hybridized carbons (Fsp3) is 0.235. The van der Waals surface area contributed by atoms with E-state index in [9.17, 15) is 4.79 Å². The first kappa shape index (κ1) is 15.6. The molecule has 2 N–H and O–H groups in total. The summed E-state index contributed by atoms with van der Waals surface area (Å²) in [6, 6.07) is 11.9. The van der Waals surface area contributed by atoms with E-state index in [4.69, 9.17) is 0 Å². The van der Waals surface area contributed by atoms with Crippen molar-refractivity contribution in [2.75, 3.05) is 17.2 Å². The highest BCUT2D eigenvalue weighted by Crippen LogP contribution is 2.20. The van der Waals surface area contributed by atoms with E-state index in [0.29, 0.717) is 0 Å². The van der Waals surface area contributed by atoms with Crippen LogP contribution in [0.4, 0.5) is 11.4 Å². The van der Waals surface area contributed by atoms with Crippen molar-refractivity contribution in [3.8, 4) is 0 Å². The molecule has 0 aliphatic rings. The van der Waals surface area contributed by atoms with Crippen LogP contribution in [0, 0.1) is 20.8 Å². The largest absolute Gasteiger partial charge is 0.376 e. The van der Waals surface area contributed by atoms with E-state index in [-0.39, 0.29) is 12.5 Å². The van der Waals surface area contributed by atoms with Crippen LogP contribution in [0.1, 0.15) is 16.7 Å². The number of carbonyl (C=O) groups is 1. The van der Waals surface area contributed by atoms with Gasteiger partial charge in [-0.2, -0.15) is 0 Å². The summed E-state index contributed by atoms with van der Waals surface area (Å²) in [6.07, 6.45) is 0. The maximum atomic E-state index is 12.0. The van der Waals surface area contributed by atoms with Crippen LogP contribution in [-0.2, 0) is 4.79 Å². The summed E-state index contributed by atoms with van der Waals surface area (Å²) in [4.78, 5) is 12.0. The summed E-state index contributed by atoms with van der Waals surface area (Å²) in [7, 11) is 0. The number of hydrogen-bond donors (Lipinski definition) is 2. The maximum absolute atomic E-state index is 12.0. The van der Waals surface area contributed by atoms with Crippen LogP contribution in [0.25, 0.3) is 0 Å². The van der Waals surface area contributed by atoms with Crippen LogP contribution in [0.2, 0.25) is 0 Å². The van der Waals surface area contributed by atoms with Crippen LogP contribution in [0.3, 0.4) is 0 Å². The zero-order valence-corrected chi connectivity index (χ0v) is 14.0. The highest BCUT2D eigenvalue weighted by molar-refractivity contribution is 9.10. The summed E-state index contributed by atoms with van der Waals surface area (Å²) in [5.74, 6) is -0.0641. The molecule has 0 fully saturated rings. The topological polar surface area (TPSA) is 41.1 Å². The fourth-order valence-electron chi connectivity index (χ4n) is 2.06. The van der Waals surface area contributed by atoms with Gasteiger partial charge >= 0.3 is 0 Å². The number of amides is 1. The second-order valence-electron chi connectivity index (χ2n) is 5.18. The Morgan fingerprint density at radius 3 is 2.48 bits per heavy atom.